The number of halogens is 3. The van der Waals surface area contributed by atoms with Gasteiger partial charge in [-0.1, -0.05) is 17.7 Å². The van der Waals surface area contributed by atoms with Gasteiger partial charge in [0.25, 0.3) is 5.91 Å². The van der Waals surface area contributed by atoms with Crippen molar-refractivity contribution in [1.29, 1.82) is 5.26 Å². The summed E-state index contributed by atoms with van der Waals surface area (Å²) < 4.78 is 39.7. The lowest BCUT2D eigenvalue weighted by molar-refractivity contribution is -0.123. The number of carbonyl (C=O) groups is 2. The maximum absolute atomic E-state index is 14.6. The highest BCUT2D eigenvalue weighted by atomic mass is 35.5. The van der Waals surface area contributed by atoms with Gasteiger partial charge in [-0.15, -0.1) is 0 Å². The number of benzene rings is 2. The number of nitriles is 1. The molecule has 1 atom stereocenters. The van der Waals surface area contributed by atoms with Crippen LogP contribution < -0.4 is 20.1 Å². The first kappa shape index (κ1) is 23.5. The molecule has 0 spiro atoms. The van der Waals surface area contributed by atoms with Crippen LogP contribution in [-0.2, 0) is 11.2 Å². The van der Waals surface area contributed by atoms with Crippen LogP contribution in [-0.4, -0.2) is 36.6 Å². The van der Waals surface area contributed by atoms with Gasteiger partial charge < -0.3 is 20.1 Å². The molecule has 2 aromatic carbocycles. The van der Waals surface area contributed by atoms with Crippen LogP contribution in [0.4, 0.5) is 8.78 Å². The van der Waals surface area contributed by atoms with Crippen molar-refractivity contribution < 1.29 is 27.8 Å². The summed E-state index contributed by atoms with van der Waals surface area (Å²) in [6.45, 7) is 0.130. The molecule has 7 nitrogen and oxygen atoms in total. The monoisotopic (exact) mass is 487 g/mol. The summed E-state index contributed by atoms with van der Waals surface area (Å²) >= 11 is 6.30. The summed E-state index contributed by atoms with van der Waals surface area (Å²) in [6, 6.07) is 7.74. The van der Waals surface area contributed by atoms with Crippen LogP contribution in [0.2, 0.25) is 5.02 Å². The predicted molar refractivity (Wildman–Crippen MR) is 119 cm³/mol. The Balaban J connectivity index is 1.71. The fourth-order valence-corrected chi connectivity index (χ4v) is 3.71. The second-order valence-corrected chi connectivity index (χ2v) is 8.41. The third-order valence-corrected chi connectivity index (χ3v) is 5.80. The number of rotatable bonds is 2. The Morgan fingerprint density at radius 3 is 2.47 bits per heavy atom. The minimum Gasteiger partial charge on any atom is -0.489 e. The largest absolute Gasteiger partial charge is 0.489 e. The molecule has 1 aliphatic carbocycles. The number of nitrogens with one attached hydrogen (secondary N) is 2. The summed E-state index contributed by atoms with van der Waals surface area (Å²) in [7, 11) is 0. The van der Waals surface area contributed by atoms with Crippen molar-refractivity contribution in [2.75, 3.05) is 13.2 Å². The van der Waals surface area contributed by atoms with E-state index in [0.29, 0.717) is 29.2 Å². The first-order chi connectivity index (χ1) is 16.3. The molecule has 2 heterocycles. The van der Waals surface area contributed by atoms with Crippen molar-refractivity contribution in [3.63, 3.8) is 0 Å². The molecule has 0 unspecified atom stereocenters. The highest BCUT2D eigenvalue weighted by molar-refractivity contribution is 6.32. The number of ether oxygens (including phenoxy) is 2. The van der Waals surface area contributed by atoms with E-state index < -0.39 is 40.6 Å². The maximum Gasteiger partial charge on any atom is 0.258 e. The summed E-state index contributed by atoms with van der Waals surface area (Å²) in [5.41, 5.74) is -1.07. The third-order valence-electron chi connectivity index (χ3n) is 5.50. The van der Waals surface area contributed by atoms with E-state index in [9.17, 15) is 23.6 Å². The molecule has 10 heteroatoms. The van der Waals surface area contributed by atoms with Gasteiger partial charge in [-0.2, -0.15) is 5.26 Å². The number of carbonyl (C=O) groups excluding carboxylic acids is 2. The second kappa shape index (κ2) is 9.69. The lowest BCUT2D eigenvalue weighted by Gasteiger charge is -2.22. The van der Waals surface area contributed by atoms with Crippen LogP contribution in [0, 0.1) is 23.0 Å². The van der Waals surface area contributed by atoms with E-state index >= 15 is 0 Å². The summed E-state index contributed by atoms with van der Waals surface area (Å²) in [6.07, 6.45) is 4.19. The minimum absolute atomic E-state index is 0.0217. The number of hydrogen-bond donors (Lipinski definition) is 2. The number of fused-ring (bicyclic) bond motifs is 9. The summed E-state index contributed by atoms with van der Waals surface area (Å²) in [5, 5.41) is 14.7. The molecule has 2 bridgehead atoms. The van der Waals surface area contributed by atoms with Crippen LogP contribution in [0.15, 0.2) is 42.5 Å². The van der Waals surface area contributed by atoms with Gasteiger partial charge in [-0.25, -0.2) is 8.78 Å². The molecule has 2 amide bonds. The molecule has 0 radical (unpaired) electrons. The zero-order valence-electron chi connectivity index (χ0n) is 17.9. The zero-order valence-corrected chi connectivity index (χ0v) is 18.6. The Labute approximate surface area is 199 Å². The normalized spacial score (nSPS) is 19.1. The third kappa shape index (κ3) is 5.13. The van der Waals surface area contributed by atoms with E-state index in [-0.39, 0.29) is 25.4 Å². The SMILES string of the molecule is N#CC1(NC(=O)[C@@H]2Cc3ccc(c(Cl)c3)OCC=CCOc3ccc(F)c(F)c3C(=O)N2)CC1. The molecule has 1 saturated carbocycles. The lowest BCUT2D eigenvalue weighted by Crippen LogP contribution is -2.51. The lowest BCUT2D eigenvalue weighted by atomic mass is 10.0. The van der Waals surface area contributed by atoms with Gasteiger partial charge in [0.1, 0.15) is 41.9 Å². The van der Waals surface area contributed by atoms with E-state index in [0.717, 1.165) is 12.1 Å². The Bertz CT molecular complexity index is 1210. The van der Waals surface area contributed by atoms with Crippen LogP contribution in [0.1, 0.15) is 28.8 Å². The van der Waals surface area contributed by atoms with Crippen molar-refractivity contribution in [2.45, 2.75) is 30.8 Å². The average molecular weight is 488 g/mol. The molecule has 3 aliphatic rings. The molecular formula is C24H20ClF2N3O4. The van der Waals surface area contributed by atoms with E-state index in [1.54, 1.807) is 30.4 Å². The topological polar surface area (TPSA) is 100 Å². The maximum atomic E-state index is 14.6. The van der Waals surface area contributed by atoms with Gasteiger partial charge in [-0.05, 0) is 54.8 Å². The van der Waals surface area contributed by atoms with Gasteiger partial charge in [0.15, 0.2) is 11.6 Å². The average Bonchev–Trinajstić information content (AvgIpc) is 3.58. The van der Waals surface area contributed by atoms with Crippen molar-refractivity contribution >= 4 is 23.4 Å². The van der Waals surface area contributed by atoms with E-state index in [2.05, 4.69) is 10.6 Å². The fraction of sp³-hybridized carbons (Fsp3) is 0.292. The smallest absolute Gasteiger partial charge is 0.258 e. The van der Waals surface area contributed by atoms with Crippen LogP contribution in [0.25, 0.3) is 0 Å². The Hall–Kier alpha value is -3.64. The Kier molecular flexibility index (Phi) is 6.70. The predicted octanol–water partition coefficient (Wildman–Crippen LogP) is 3.46. The number of hydrogen-bond acceptors (Lipinski definition) is 5. The highest BCUT2D eigenvalue weighted by Gasteiger charge is 2.45. The van der Waals surface area contributed by atoms with Crippen LogP contribution >= 0.6 is 11.6 Å². The fourth-order valence-electron chi connectivity index (χ4n) is 3.45. The first-order valence-electron chi connectivity index (χ1n) is 10.5. The van der Waals surface area contributed by atoms with Gasteiger partial charge in [0.05, 0.1) is 11.1 Å². The summed E-state index contributed by atoms with van der Waals surface area (Å²) in [4.78, 5) is 26.1. The van der Waals surface area contributed by atoms with Crippen molar-refractivity contribution in [2.24, 2.45) is 0 Å². The first-order valence-corrected chi connectivity index (χ1v) is 10.9. The van der Waals surface area contributed by atoms with Crippen LogP contribution in [0.3, 0.4) is 0 Å². The Morgan fingerprint density at radius 2 is 1.82 bits per heavy atom. The van der Waals surface area contributed by atoms with Gasteiger partial charge in [0.2, 0.25) is 5.91 Å². The number of nitrogens with zero attached hydrogens (tertiary/aromatic N) is 1. The van der Waals surface area contributed by atoms with Gasteiger partial charge in [0, 0.05) is 6.42 Å². The van der Waals surface area contributed by atoms with Gasteiger partial charge in [-0.3, -0.25) is 9.59 Å². The van der Waals surface area contributed by atoms with Crippen molar-refractivity contribution in [1.82, 2.24) is 10.6 Å². The van der Waals surface area contributed by atoms with Crippen LogP contribution in [0.5, 0.6) is 11.5 Å². The van der Waals surface area contributed by atoms with Crippen molar-refractivity contribution in [3.05, 3.63) is 70.3 Å². The molecule has 0 saturated heterocycles. The minimum atomic E-state index is -1.40. The zero-order chi connectivity index (χ0) is 24.3. The molecule has 1 fully saturated rings. The van der Waals surface area contributed by atoms with E-state index in [1.807, 2.05) is 6.07 Å². The molecule has 2 aliphatic heterocycles. The second-order valence-electron chi connectivity index (χ2n) is 8.01. The molecule has 176 valence electrons. The molecule has 34 heavy (non-hydrogen) atoms. The quantitative estimate of drug-likeness (QED) is 0.632. The van der Waals surface area contributed by atoms with Crippen molar-refractivity contribution in [3.8, 4) is 17.6 Å². The standard InChI is InChI=1S/C24H20ClF2N3O4/c25-15-11-14-3-5-18(15)33-9-1-2-10-34-19-6-4-16(26)21(27)20(19)23(32)29-17(12-14)22(31)30-24(13-28)7-8-24/h1-6,11,17H,7-10,12H2,(H,29,32)(H,30,31)/t17-/m0/s1. The Morgan fingerprint density at radius 1 is 1.15 bits per heavy atom. The highest BCUT2D eigenvalue weighted by Crippen LogP contribution is 2.34. The van der Waals surface area contributed by atoms with E-state index in [4.69, 9.17) is 21.1 Å². The molecule has 2 aromatic rings. The molecule has 2 N–H and O–H groups in total. The van der Waals surface area contributed by atoms with E-state index in [1.165, 1.54) is 0 Å². The van der Waals surface area contributed by atoms with Gasteiger partial charge >= 0.3 is 0 Å². The molecular weight excluding hydrogens is 468 g/mol. The molecule has 0 aromatic heterocycles. The molecule has 5 rings (SSSR count). The summed E-state index contributed by atoms with van der Waals surface area (Å²) in [5.74, 6) is -4.05. The number of amides is 2.